The summed E-state index contributed by atoms with van der Waals surface area (Å²) < 4.78 is 5.09. The molecule has 0 heterocycles. The zero-order chi connectivity index (χ0) is 8.72. The number of fused-ring (bicyclic) bond motifs is 2. The van der Waals surface area contributed by atoms with Crippen LogP contribution in [-0.4, -0.2) is 12.6 Å². The van der Waals surface area contributed by atoms with Gasteiger partial charge in [-0.15, -0.1) is 0 Å². The molecule has 0 aromatic rings. The third kappa shape index (κ3) is 0.838. The highest BCUT2D eigenvalue weighted by Crippen LogP contribution is 2.48. The first-order valence-electron chi connectivity index (χ1n) is 4.53. The van der Waals surface area contributed by atoms with Crippen molar-refractivity contribution < 1.29 is 9.53 Å². The molecule has 4 unspecified atom stereocenters. The van der Waals surface area contributed by atoms with E-state index in [1.165, 1.54) is 0 Å². The third-order valence-electron chi connectivity index (χ3n) is 3.49. The summed E-state index contributed by atoms with van der Waals surface area (Å²) in [5.41, 5.74) is 0. The van der Waals surface area contributed by atoms with Crippen LogP contribution in [0.15, 0.2) is 12.2 Å². The monoisotopic (exact) mass is 166 g/mol. The second-order valence-electron chi connectivity index (χ2n) is 3.95. The Balaban J connectivity index is 2.18. The zero-order valence-electron chi connectivity index (χ0n) is 7.44. The molecule has 2 rings (SSSR count). The van der Waals surface area contributed by atoms with Crippen molar-refractivity contribution in [3.63, 3.8) is 0 Å². The van der Waals surface area contributed by atoms with Gasteiger partial charge >= 0.3 is 0 Å². The van der Waals surface area contributed by atoms with E-state index >= 15 is 0 Å². The fourth-order valence-corrected chi connectivity index (χ4v) is 2.77. The molecule has 1 saturated carbocycles. The Bertz CT molecular complexity index is 222. The van der Waals surface area contributed by atoms with E-state index in [0.29, 0.717) is 30.1 Å². The molecule has 5 atom stereocenters. The molecule has 0 N–H and O–H groups in total. The van der Waals surface area contributed by atoms with Crippen molar-refractivity contribution >= 4 is 6.47 Å². The van der Waals surface area contributed by atoms with Gasteiger partial charge in [0, 0.05) is 11.8 Å². The number of hydrogen-bond donors (Lipinski definition) is 0. The highest BCUT2D eigenvalue weighted by molar-refractivity contribution is 5.38. The van der Waals surface area contributed by atoms with Crippen LogP contribution in [-0.2, 0) is 9.53 Å². The number of carbonyl (C=O) groups excluding carboxylic acids is 1. The fourth-order valence-electron chi connectivity index (χ4n) is 2.77. The van der Waals surface area contributed by atoms with E-state index in [1.807, 2.05) is 0 Å². The Morgan fingerprint density at radius 2 is 1.83 bits per heavy atom. The molecule has 2 bridgehead atoms. The van der Waals surface area contributed by atoms with Crippen LogP contribution in [0.25, 0.3) is 0 Å². The van der Waals surface area contributed by atoms with Crippen LogP contribution in [0.3, 0.4) is 0 Å². The molecule has 2 aliphatic carbocycles. The van der Waals surface area contributed by atoms with Crippen molar-refractivity contribution in [2.24, 2.45) is 23.7 Å². The maximum atomic E-state index is 10.2. The van der Waals surface area contributed by atoms with Crippen molar-refractivity contribution in [3.05, 3.63) is 12.2 Å². The largest absolute Gasteiger partial charge is 0.464 e. The summed E-state index contributed by atoms with van der Waals surface area (Å²) in [6, 6.07) is 0. The minimum absolute atomic E-state index is 0.132. The molecule has 12 heavy (non-hydrogen) atoms. The average molecular weight is 166 g/mol. The Morgan fingerprint density at radius 3 is 2.33 bits per heavy atom. The molecule has 2 heteroatoms. The van der Waals surface area contributed by atoms with E-state index in [9.17, 15) is 4.79 Å². The van der Waals surface area contributed by atoms with Crippen LogP contribution in [0, 0.1) is 23.7 Å². The van der Waals surface area contributed by atoms with Gasteiger partial charge in [0.25, 0.3) is 6.47 Å². The summed E-state index contributed by atoms with van der Waals surface area (Å²) in [7, 11) is 0. The predicted octanol–water partition coefficient (Wildman–Crippen LogP) is 1.62. The molecule has 2 aliphatic rings. The van der Waals surface area contributed by atoms with Gasteiger partial charge in [0.1, 0.15) is 6.10 Å². The van der Waals surface area contributed by atoms with Gasteiger partial charge in [0.2, 0.25) is 0 Å². The van der Waals surface area contributed by atoms with Gasteiger partial charge in [0.15, 0.2) is 0 Å². The van der Waals surface area contributed by atoms with Crippen LogP contribution in [0.4, 0.5) is 0 Å². The molecule has 66 valence electrons. The van der Waals surface area contributed by atoms with Crippen LogP contribution in [0.2, 0.25) is 0 Å². The van der Waals surface area contributed by atoms with Crippen LogP contribution >= 0.6 is 0 Å². The van der Waals surface area contributed by atoms with E-state index < -0.39 is 0 Å². The Morgan fingerprint density at radius 1 is 1.17 bits per heavy atom. The Labute approximate surface area is 72.6 Å². The maximum absolute atomic E-state index is 10.2. The summed E-state index contributed by atoms with van der Waals surface area (Å²) in [4.78, 5) is 10.2. The van der Waals surface area contributed by atoms with Crippen molar-refractivity contribution in [2.45, 2.75) is 20.0 Å². The van der Waals surface area contributed by atoms with Gasteiger partial charge in [-0.25, -0.2) is 0 Å². The third-order valence-corrected chi connectivity index (χ3v) is 3.49. The molecule has 0 aromatic heterocycles. The SMILES string of the molecule is CC1C2C=CC1[C@@H](C)C2OC=O. The fraction of sp³-hybridized carbons (Fsp3) is 0.700. The van der Waals surface area contributed by atoms with Gasteiger partial charge in [-0.2, -0.15) is 0 Å². The molecule has 0 amide bonds. The van der Waals surface area contributed by atoms with E-state index in [4.69, 9.17) is 4.74 Å². The lowest BCUT2D eigenvalue weighted by Gasteiger charge is -2.22. The molecular formula is C10H14O2. The molecule has 1 fully saturated rings. The maximum Gasteiger partial charge on any atom is 0.293 e. The lowest BCUT2D eigenvalue weighted by molar-refractivity contribution is -0.136. The van der Waals surface area contributed by atoms with E-state index in [1.54, 1.807) is 0 Å². The van der Waals surface area contributed by atoms with E-state index in [2.05, 4.69) is 26.0 Å². The first-order chi connectivity index (χ1) is 5.75. The molecule has 0 radical (unpaired) electrons. The molecule has 0 spiro atoms. The topological polar surface area (TPSA) is 26.3 Å². The number of rotatable bonds is 2. The molecule has 0 aromatic carbocycles. The van der Waals surface area contributed by atoms with Crippen LogP contribution in [0.5, 0.6) is 0 Å². The van der Waals surface area contributed by atoms with Crippen molar-refractivity contribution in [1.29, 1.82) is 0 Å². The highest BCUT2D eigenvalue weighted by atomic mass is 16.5. The minimum Gasteiger partial charge on any atom is -0.464 e. The summed E-state index contributed by atoms with van der Waals surface area (Å²) in [6.07, 6.45) is 4.60. The standard InChI is InChI=1S/C10H14O2/c1-6-8-3-4-9(6)10(7(8)2)12-5-11/h3-10H,1-2H3/t6?,7-,8?,9?,10?/m1/s1. The number of carbonyl (C=O) groups is 1. The molecule has 0 saturated heterocycles. The van der Waals surface area contributed by atoms with Crippen molar-refractivity contribution in [3.8, 4) is 0 Å². The lowest BCUT2D eigenvalue weighted by atomic mass is 9.92. The van der Waals surface area contributed by atoms with E-state index in [0.717, 1.165) is 0 Å². The highest BCUT2D eigenvalue weighted by Gasteiger charge is 2.48. The smallest absolute Gasteiger partial charge is 0.293 e. The first-order valence-corrected chi connectivity index (χ1v) is 4.53. The number of ether oxygens (including phenoxy) is 1. The summed E-state index contributed by atoms with van der Waals surface area (Å²) >= 11 is 0. The summed E-state index contributed by atoms with van der Waals surface area (Å²) in [6.45, 7) is 4.99. The van der Waals surface area contributed by atoms with Crippen molar-refractivity contribution in [1.82, 2.24) is 0 Å². The number of hydrogen-bond acceptors (Lipinski definition) is 2. The minimum atomic E-state index is 0.132. The Kier molecular flexibility index (Phi) is 1.71. The first kappa shape index (κ1) is 7.84. The van der Waals surface area contributed by atoms with Crippen LogP contribution < -0.4 is 0 Å². The van der Waals surface area contributed by atoms with Gasteiger partial charge in [-0.1, -0.05) is 26.0 Å². The van der Waals surface area contributed by atoms with Gasteiger partial charge in [-0.3, -0.25) is 4.79 Å². The van der Waals surface area contributed by atoms with Crippen LogP contribution in [0.1, 0.15) is 13.8 Å². The molecule has 0 aliphatic heterocycles. The Hall–Kier alpha value is -0.790. The van der Waals surface area contributed by atoms with Gasteiger partial charge in [0.05, 0.1) is 0 Å². The molecule has 2 nitrogen and oxygen atoms in total. The normalized spacial score (nSPS) is 49.7. The number of allylic oxidation sites excluding steroid dienone is 1. The summed E-state index contributed by atoms with van der Waals surface area (Å²) in [5.74, 6) is 2.25. The van der Waals surface area contributed by atoms with Gasteiger partial charge in [-0.05, 0) is 11.8 Å². The predicted molar refractivity (Wildman–Crippen MR) is 45.4 cm³/mol. The lowest BCUT2D eigenvalue weighted by Crippen LogP contribution is -2.25. The van der Waals surface area contributed by atoms with Crippen molar-refractivity contribution in [2.75, 3.05) is 0 Å². The second kappa shape index (κ2) is 2.61. The van der Waals surface area contributed by atoms with E-state index in [-0.39, 0.29) is 6.10 Å². The summed E-state index contributed by atoms with van der Waals surface area (Å²) in [5, 5.41) is 0. The zero-order valence-corrected chi connectivity index (χ0v) is 7.44. The van der Waals surface area contributed by atoms with Gasteiger partial charge < -0.3 is 4.74 Å². The molecular weight excluding hydrogens is 152 g/mol. The second-order valence-corrected chi connectivity index (χ2v) is 3.95. The quantitative estimate of drug-likeness (QED) is 0.460. The average Bonchev–Trinajstić information content (AvgIpc) is 2.50.